The summed E-state index contributed by atoms with van der Waals surface area (Å²) >= 11 is 0. The largest absolute Gasteiger partial charge is 0.477 e. The molecule has 2 aromatic rings. The number of pyridine rings is 1. The molecule has 36 heavy (non-hydrogen) atoms. The van der Waals surface area contributed by atoms with E-state index < -0.39 is 63.0 Å². The highest BCUT2D eigenvalue weighted by atomic mass is 31.2. The summed E-state index contributed by atoms with van der Waals surface area (Å²) in [6.07, 6.45) is -2.84. The summed E-state index contributed by atoms with van der Waals surface area (Å²) in [6.45, 7) is 4.29. The number of carboxylic acid groups (broad SMARTS) is 1. The summed E-state index contributed by atoms with van der Waals surface area (Å²) < 4.78 is 36.8. The number of carboxylic acids is 1. The van der Waals surface area contributed by atoms with E-state index >= 15 is 0 Å². The Hall–Kier alpha value is -2.86. The van der Waals surface area contributed by atoms with E-state index in [-0.39, 0.29) is 11.3 Å². The number of aliphatic hydroxyl groups excluding tert-OH is 2. The quantitative estimate of drug-likeness (QED) is 0.190. The number of aliphatic hydroxyl groups is 2. The summed E-state index contributed by atoms with van der Waals surface area (Å²) in [5.41, 5.74) is -0.0466. The highest BCUT2D eigenvalue weighted by Gasteiger charge is 2.49. The molecule has 0 amide bonds. The SMILES string of the molecule is CC(C)OC(=O)[C@H](C)NP(=O)(OCC1O[C@@H]([n+]2cccc(C(=O)O)c2)[C@H](O)[C@@H]1O)Oc1ccccc1. The molecule has 1 aliphatic rings. The van der Waals surface area contributed by atoms with E-state index in [2.05, 4.69) is 5.09 Å². The number of carbonyl (C=O) groups excluding carboxylic acids is 1. The normalized spacial score (nSPS) is 24.2. The summed E-state index contributed by atoms with van der Waals surface area (Å²) in [4.78, 5) is 23.5. The zero-order valence-electron chi connectivity index (χ0n) is 20.0. The van der Waals surface area contributed by atoms with Gasteiger partial charge in [-0.1, -0.05) is 18.2 Å². The van der Waals surface area contributed by atoms with E-state index in [9.17, 15) is 29.5 Å². The first-order valence-electron chi connectivity index (χ1n) is 11.2. The fourth-order valence-electron chi connectivity index (χ4n) is 3.40. The van der Waals surface area contributed by atoms with Crippen molar-refractivity contribution in [2.24, 2.45) is 0 Å². The lowest BCUT2D eigenvalue weighted by atomic mass is 10.1. The van der Waals surface area contributed by atoms with Crippen LogP contribution in [0.4, 0.5) is 0 Å². The van der Waals surface area contributed by atoms with Crippen LogP contribution in [-0.4, -0.2) is 64.3 Å². The number of rotatable bonds is 11. The first-order chi connectivity index (χ1) is 17.0. The van der Waals surface area contributed by atoms with Gasteiger partial charge in [-0.15, -0.1) is 0 Å². The number of aromatic carboxylic acids is 1. The molecule has 1 aliphatic heterocycles. The molecule has 2 unspecified atom stereocenters. The van der Waals surface area contributed by atoms with E-state index in [1.54, 1.807) is 44.2 Å². The second-order valence-electron chi connectivity index (χ2n) is 8.43. The molecule has 1 fully saturated rings. The maximum absolute atomic E-state index is 13.6. The lowest BCUT2D eigenvalue weighted by molar-refractivity contribution is -0.765. The molecule has 12 nitrogen and oxygen atoms in total. The van der Waals surface area contributed by atoms with Gasteiger partial charge in [0.2, 0.25) is 0 Å². The van der Waals surface area contributed by atoms with Crippen molar-refractivity contribution in [3.05, 3.63) is 60.4 Å². The van der Waals surface area contributed by atoms with Gasteiger partial charge in [0.25, 0.3) is 6.23 Å². The molecule has 2 heterocycles. The van der Waals surface area contributed by atoms with Crippen LogP contribution in [0.25, 0.3) is 0 Å². The van der Waals surface area contributed by atoms with Crippen LogP contribution >= 0.6 is 7.75 Å². The molecule has 4 N–H and O–H groups in total. The molecular weight excluding hydrogens is 495 g/mol. The third kappa shape index (κ3) is 7.10. The molecule has 196 valence electrons. The van der Waals surface area contributed by atoms with Gasteiger partial charge < -0.3 is 29.3 Å². The summed E-state index contributed by atoms with van der Waals surface area (Å²) in [5, 5.41) is 32.7. The van der Waals surface area contributed by atoms with Crippen LogP contribution in [0.5, 0.6) is 5.75 Å². The second-order valence-corrected chi connectivity index (χ2v) is 10.1. The smallest absolute Gasteiger partial charge is 0.459 e. The van der Waals surface area contributed by atoms with Crippen molar-refractivity contribution in [2.75, 3.05) is 6.61 Å². The number of hydrogen-bond acceptors (Lipinski definition) is 9. The van der Waals surface area contributed by atoms with Crippen molar-refractivity contribution in [2.45, 2.75) is 57.5 Å². The molecule has 6 atom stereocenters. The Morgan fingerprint density at radius 2 is 1.81 bits per heavy atom. The van der Waals surface area contributed by atoms with Gasteiger partial charge in [-0.25, -0.2) is 9.36 Å². The number of carbonyl (C=O) groups is 2. The Morgan fingerprint density at radius 1 is 1.11 bits per heavy atom. The molecular formula is C23H30N2O10P+. The number of esters is 1. The molecule has 0 aliphatic carbocycles. The monoisotopic (exact) mass is 525 g/mol. The van der Waals surface area contributed by atoms with Gasteiger partial charge >= 0.3 is 19.7 Å². The van der Waals surface area contributed by atoms with Crippen molar-refractivity contribution < 1.29 is 52.6 Å². The van der Waals surface area contributed by atoms with Crippen molar-refractivity contribution >= 4 is 19.7 Å². The minimum atomic E-state index is -4.21. The zero-order valence-corrected chi connectivity index (χ0v) is 20.9. The maximum atomic E-state index is 13.6. The molecule has 1 aromatic carbocycles. The van der Waals surface area contributed by atoms with Crippen LogP contribution in [0.15, 0.2) is 54.9 Å². The van der Waals surface area contributed by atoms with Gasteiger partial charge in [0.05, 0.1) is 12.7 Å². The fourth-order valence-corrected chi connectivity index (χ4v) is 4.90. The number of hydrogen-bond donors (Lipinski definition) is 4. The second kappa shape index (κ2) is 11.9. The molecule has 3 rings (SSSR count). The van der Waals surface area contributed by atoms with Gasteiger partial charge in [-0.2, -0.15) is 9.65 Å². The first-order valence-corrected chi connectivity index (χ1v) is 12.8. The maximum Gasteiger partial charge on any atom is 0.459 e. The predicted molar refractivity (Wildman–Crippen MR) is 124 cm³/mol. The molecule has 1 saturated heterocycles. The molecule has 13 heteroatoms. The van der Waals surface area contributed by atoms with Gasteiger partial charge in [0, 0.05) is 6.07 Å². The molecule has 0 saturated carbocycles. The van der Waals surface area contributed by atoms with Crippen molar-refractivity contribution in [3.8, 4) is 5.75 Å². The van der Waals surface area contributed by atoms with E-state index in [0.29, 0.717) is 0 Å². The summed E-state index contributed by atoms with van der Waals surface area (Å²) in [7, 11) is -4.21. The van der Waals surface area contributed by atoms with Crippen LogP contribution in [0.2, 0.25) is 0 Å². The highest BCUT2D eigenvalue weighted by Crippen LogP contribution is 2.45. The fraction of sp³-hybridized carbons (Fsp3) is 0.435. The van der Waals surface area contributed by atoms with Crippen LogP contribution in [-0.2, 0) is 23.4 Å². The molecule has 0 radical (unpaired) electrons. The van der Waals surface area contributed by atoms with Crippen molar-refractivity contribution in [1.29, 1.82) is 0 Å². The number of aromatic nitrogens is 1. The topological polar surface area (TPSA) is 165 Å². The Balaban J connectivity index is 1.74. The van der Waals surface area contributed by atoms with E-state index in [0.717, 1.165) is 0 Å². The van der Waals surface area contributed by atoms with Gasteiger partial charge in [0.15, 0.2) is 18.5 Å². The van der Waals surface area contributed by atoms with Crippen molar-refractivity contribution in [3.63, 3.8) is 0 Å². The summed E-state index contributed by atoms with van der Waals surface area (Å²) in [5.74, 6) is -1.65. The number of nitrogens with one attached hydrogen (secondary N) is 1. The first kappa shape index (κ1) is 27.7. The Morgan fingerprint density at radius 3 is 2.44 bits per heavy atom. The third-order valence-corrected chi connectivity index (χ3v) is 6.78. The Kier molecular flexibility index (Phi) is 9.18. The third-order valence-electron chi connectivity index (χ3n) is 5.13. The van der Waals surface area contributed by atoms with Gasteiger partial charge in [-0.3, -0.25) is 9.32 Å². The van der Waals surface area contributed by atoms with Crippen LogP contribution < -0.4 is 14.2 Å². The summed E-state index contributed by atoms with van der Waals surface area (Å²) in [6, 6.07) is 9.89. The van der Waals surface area contributed by atoms with Crippen LogP contribution in [0.3, 0.4) is 0 Å². The number of nitrogens with zero attached hydrogens (tertiary/aromatic N) is 1. The lowest BCUT2D eigenvalue weighted by Crippen LogP contribution is -2.46. The average Bonchev–Trinajstić information content (AvgIpc) is 3.11. The van der Waals surface area contributed by atoms with E-state index in [4.69, 9.17) is 18.5 Å². The standard InChI is InChI=1S/C23H29N2O10P/c1-14(2)33-23(30)15(3)24-36(31,35-17-9-5-4-6-10-17)32-13-18-19(26)20(27)21(34-18)25-11-7-8-16(12-25)22(28)29/h4-12,14-15,18-21,26-27H,13H2,1-3H3,(H-,24,28,29,31)/p+1/t15-,18?,19+,20+,21+,36?/m0/s1. The Labute approximate surface area is 208 Å². The molecule has 1 aromatic heterocycles. The van der Waals surface area contributed by atoms with Crippen LogP contribution in [0.1, 0.15) is 37.4 Å². The highest BCUT2D eigenvalue weighted by molar-refractivity contribution is 7.52. The number of para-hydroxylation sites is 1. The Bertz CT molecular complexity index is 1100. The van der Waals surface area contributed by atoms with Gasteiger partial charge in [-0.05, 0) is 39.0 Å². The van der Waals surface area contributed by atoms with Gasteiger partial charge in [0.1, 0.15) is 29.6 Å². The zero-order chi connectivity index (χ0) is 26.5. The minimum Gasteiger partial charge on any atom is -0.477 e. The predicted octanol–water partition coefficient (Wildman–Crippen LogP) is 1.42. The number of ether oxygens (including phenoxy) is 2. The molecule has 0 bridgehead atoms. The lowest BCUT2D eigenvalue weighted by Gasteiger charge is -2.24. The molecule has 0 spiro atoms. The number of benzene rings is 1. The van der Waals surface area contributed by atoms with E-state index in [1.165, 1.54) is 36.0 Å². The average molecular weight is 525 g/mol. The minimum absolute atomic E-state index is 0.0466. The van der Waals surface area contributed by atoms with E-state index in [1.807, 2.05) is 0 Å². The van der Waals surface area contributed by atoms with Crippen molar-refractivity contribution in [1.82, 2.24) is 5.09 Å². The van der Waals surface area contributed by atoms with Crippen LogP contribution in [0, 0.1) is 0 Å².